The summed E-state index contributed by atoms with van der Waals surface area (Å²) in [7, 11) is 1.96. The third kappa shape index (κ3) is 1.16. The number of aromatic nitrogens is 2. The Morgan fingerprint density at radius 2 is 2.50 bits per heavy atom. The van der Waals surface area contributed by atoms with Crippen LogP contribution < -0.4 is 5.73 Å². The minimum Gasteiger partial charge on any atom is -0.324 e. The first-order chi connectivity index (χ1) is 5.77. The molecule has 1 unspecified atom stereocenters. The van der Waals surface area contributed by atoms with Crippen LogP contribution in [0.4, 0.5) is 0 Å². The molecule has 3 nitrogen and oxygen atoms in total. The lowest BCUT2D eigenvalue weighted by molar-refractivity contribution is 0.748. The predicted molar refractivity (Wildman–Crippen MR) is 48.4 cm³/mol. The number of hydrogen-bond acceptors (Lipinski definition) is 2. The van der Waals surface area contributed by atoms with E-state index >= 15 is 0 Å². The Balaban J connectivity index is 2.32. The van der Waals surface area contributed by atoms with Gasteiger partial charge in [-0.25, -0.2) is 0 Å². The maximum Gasteiger partial charge on any atom is 0.0635 e. The molecule has 1 heterocycles. The molecule has 0 saturated carbocycles. The fourth-order valence-corrected chi connectivity index (χ4v) is 1.65. The van der Waals surface area contributed by atoms with Crippen LogP contribution in [-0.2, 0) is 7.05 Å². The van der Waals surface area contributed by atoms with Gasteiger partial charge in [0.05, 0.1) is 5.69 Å². The molecule has 0 spiro atoms. The molecule has 1 aromatic rings. The van der Waals surface area contributed by atoms with E-state index in [1.54, 1.807) is 0 Å². The molecular weight excluding hydrogens is 150 g/mol. The molecule has 12 heavy (non-hydrogen) atoms. The quantitative estimate of drug-likeness (QED) is 0.669. The van der Waals surface area contributed by atoms with E-state index in [4.69, 9.17) is 5.73 Å². The molecule has 1 aliphatic carbocycles. The maximum absolute atomic E-state index is 5.78. The molecule has 1 aromatic heterocycles. The summed E-state index contributed by atoms with van der Waals surface area (Å²) in [5.74, 6) is 0. The van der Waals surface area contributed by atoms with Crippen molar-refractivity contribution >= 4 is 5.57 Å². The van der Waals surface area contributed by atoms with Crippen LogP contribution in [0.25, 0.3) is 5.57 Å². The molecular formula is C9H13N3. The summed E-state index contributed by atoms with van der Waals surface area (Å²) in [4.78, 5) is 0. The second-order valence-corrected chi connectivity index (χ2v) is 3.23. The third-order valence-corrected chi connectivity index (χ3v) is 2.31. The van der Waals surface area contributed by atoms with Crippen molar-refractivity contribution in [1.82, 2.24) is 9.78 Å². The van der Waals surface area contributed by atoms with Gasteiger partial charge in [-0.3, -0.25) is 4.68 Å². The number of aryl methyl sites for hydroxylation is 1. The molecule has 1 atom stereocenters. The second-order valence-electron chi connectivity index (χ2n) is 3.23. The fraction of sp³-hybridized carbons (Fsp3) is 0.444. The molecule has 0 radical (unpaired) electrons. The normalized spacial score (nSPS) is 22.8. The van der Waals surface area contributed by atoms with E-state index in [1.807, 2.05) is 24.0 Å². The van der Waals surface area contributed by atoms with Crippen molar-refractivity contribution < 1.29 is 0 Å². The topological polar surface area (TPSA) is 43.8 Å². The number of nitrogens with two attached hydrogens (primary N) is 1. The van der Waals surface area contributed by atoms with E-state index in [-0.39, 0.29) is 6.04 Å². The van der Waals surface area contributed by atoms with Gasteiger partial charge >= 0.3 is 0 Å². The Hall–Kier alpha value is -1.09. The van der Waals surface area contributed by atoms with Gasteiger partial charge in [0, 0.05) is 19.3 Å². The van der Waals surface area contributed by atoms with Crippen LogP contribution in [0, 0.1) is 0 Å². The molecule has 0 bridgehead atoms. The van der Waals surface area contributed by atoms with Crippen molar-refractivity contribution in [3.05, 3.63) is 24.0 Å². The Morgan fingerprint density at radius 1 is 1.67 bits per heavy atom. The first kappa shape index (κ1) is 7.55. The average molecular weight is 163 g/mol. The summed E-state index contributed by atoms with van der Waals surface area (Å²) >= 11 is 0. The summed E-state index contributed by atoms with van der Waals surface area (Å²) < 4.78 is 1.89. The van der Waals surface area contributed by atoms with Crippen LogP contribution in [-0.4, -0.2) is 15.8 Å². The van der Waals surface area contributed by atoms with Gasteiger partial charge in [-0.05, 0) is 24.5 Å². The average Bonchev–Trinajstić information content (AvgIpc) is 2.58. The number of nitrogens with zero attached hydrogens (tertiary/aromatic N) is 2. The zero-order valence-corrected chi connectivity index (χ0v) is 7.20. The van der Waals surface area contributed by atoms with Crippen LogP contribution in [0.5, 0.6) is 0 Å². The fourth-order valence-electron chi connectivity index (χ4n) is 1.65. The standard InChI is InChI=1S/C9H13N3/c1-12-9(4-5-11-12)7-2-3-8(10)6-7/h4-6,8H,2-3,10H2,1H3. The first-order valence-corrected chi connectivity index (χ1v) is 4.22. The summed E-state index contributed by atoms with van der Waals surface area (Å²) in [6.45, 7) is 0. The first-order valence-electron chi connectivity index (χ1n) is 4.22. The second kappa shape index (κ2) is 2.75. The van der Waals surface area contributed by atoms with Gasteiger partial charge in [0.2, 0.25) is 0 Å². The molecule has 0 aliphatic heterocycles. The highest BCUT2D eigenvalue weighted by Crippen LogP contribution is 2.26. The van der Waals surface area contributed by atoms with Crippen LogP contribution in [0.3, 0.4) is 0 Å². The molecule has 0 amide bonds. The zero-order chi connectivity index (χ0) is 8.55. The summed E-state index contributed by atoms with van der Waals surface area (Å²) in [5, 5.41) is 4.12. The predicted octanol–water partition coefficient (Wildman–Crippen LogP) is 0.925. The third-order valence-electron chi connectivity index (χ3n) is 2.31. The monoisotopic (exact) mass is 163 g/mol. The minimum absolute atomic E-state index is 0.245. The molecule has 2 N–H and O–H groups in total. The molecule has 0 fully saturated rings. The lowest BCUT2D eigenvalue weighted by Gasteiger charge is -2.00. The van der Waals surface area contributed by atoms with Crippen molar-refractivity contribution in [2.45, 2.75) is 18.9 Å². The van der Waals surface area contributed by atoms with E-state index in [2.05, 4.69) is 11.2 Å². The molecule has 1 aliphatic rings. The summed E-state index contributed by atoms with van der Waals surface area (Å²) in [6, 6.07) is 2.28. The minimum atomic E-state index is 0.245. The highest BCUT2D eigenvalue weighted by atomic mass is 15.3. The number of rotatable bonds is 1. The highest BCUT2D eigenvalue weighted by molar-refractivity contribution is 5.65. The maximum atomic E-state index is 5.78. The SMILES string of the molecule is Cn1nccc1C1=CC(N)CC1. The van der Waals surface area contributed by atoms with E-state index in [0.29, 0.717) is 0 Å². The molecule has 2 rings (SSSR count). The van der Waals surface area contributed by atoms with Crippen molar-refractivity contribution in [2.75, 3.05) is 0 Å². The van der Waals surface area contributed by atoms with Gasteiger partial charge in [-0.1, -0.05) is 6.08 Å². The van der Waals surface area contributed by atoms with Crippen molar-refractivity contribution in [1.29, 1.82) is 0 Å². The van der Waals surface area contributed by atoms with E-state index in [9.17, 15) is 0 Å². The van der Waals surface area contributed by atoms with Gasteiger partial charge in [0.1, 0.15) is 0 Å². The lowest BCUT2D eigenvalue weighted by Crippen LogP contribution is -2.11. The summed E-state index contributed by atoms with van der Waals surface area (Å²) in [5.41, 5.74) is 8.31. The zero-order valence-electron chi connectivity index (χ0n) is 7.20. The molecule has 0 saturated heterocycles. The van der Waals surface area contributed by atoms with Crippen LogP contribution in [0.15, 0.2) is 18.3 Å². The Kier molecular flexibility index (Phi) is 1.73. The van der Waals surface area contributed by atoms with Crippen molar-refractivity contribution in [3.8, 4) is 0 Å². The van der Waals surface area contributed by atoms with E-state index in [1.165, 1.54) is 11.3 Å². The smallest absolute Gasteiger partial charge is 0.0635 e. The number of allylic oxidation sites excluding steroid dienone is 1. The van der Waals surface area contributed by atoms with Crippen LogP contribution in [0.1, 0.15) is 18.5 Å². The van der Waals surface area contributed by atoms with Crippen LogP contribution in [0.2, 0.25) is 0 Å². The molecule has 0 aromatic carbocycles. The molecule has 3 heteroatoms. The van der Waals surface area contributed by atoms with Gasteiger partial charge in [0.15, 0.2) is 0 Å². The van der Waals surface area contributed by atoms with Crippen molar-refractivity contribution in [2.24, 2.45) is 12.8 Å². The van der Waals surface area contributed by atoms with Crippen molar-refractivity contribution in [3.63, 3.8) is 0 Å². The van der Waals surface area contributed by atoms with E-state index < -0.39 is 0 Å². The van der Waals surface area contributed by atoms with Gasteiger partial charge < -0.3 is 5.73 Å². The Labute approximate surface area is 71.9 Å². The van der Waals surface area contributed by atoms with Gasteiger partial charge in [-0.15, -0.1) is 0 Å². The van der Waals surface area contributed by atoms with Gasteiger partial charge in [-0.2, -0.15) is 5.10 Å². The molecule has 64 valence electrons. The largest absolute Gasteiger partial charge is 0.324 e. The lowest BCUT2D eigenvalue weighted by atomic mass is 10.2. The highest BCUT2D eigenvalue weighted by Gasteiger charge is 2.14. The Bertz CT molecular complexity index is 311. The van der Waals surface area contributed by atoms with E-state index in [0.717, 1.165) is 12.8 Å². The number of hydrogen-bond donors (Lipinski definition) is 1. The Morgan fingerprint density at radius 3 is 3.00 bits per heavy atom. The summed E-state index contributed by atoms with van der Waals surface area (Å²) in [6.07, 6.45) is 6.11. The van der Waals surface area contributed by atoms with Gasteiger partial charge in [0.25, 0.3) is 0 Å². The van der Waals surface area contributed by atoms with Crippen LogP contribution >= 0.6 is 0 Å².